The number of halogens is 1. The van der Waals surface area contributed by atoms with Crippen LogP contribution in [-0.4, -0.2) is 21.5 Å². The van der Waals surface area contributed by atoms with Gasteiger partial charge in [0.25, 0.3) is 0 Å². The number of nitrogens with zero attached hydrogens (tertiary/aromatic N) is 4. The molecule has 0 aliphatic rings. The molecule has 1 heterocycles. The number of benzene rings is 2. The summed E-state index contributed by atoms with van der Waals surface area (Å²) in [6.45, 7) is 2.19. The zero-order valence-electron chi connectivity index (χ0n) is 16.6. The molecule has 0 aliphatic carbocycles. The van der Waals surface area contributed by atoms with E-state index in [1.54, 1.807) is 22.9 Å². The monoisotopic (exact) mass is 420 g/mol. The standard InChI is InChI=1S/C23H21ClN4O2/c1-16-23(30-21-12-19(15-26)11-20(24)13-21)22(28(27-16)9-10-29)4-2-3-17-5-7-18(14-25)8-6-17/h5-8,11-13,29H,2-4,9-10H2,1H3. The molecule has 0 saturated heterocycles. The van der Waals surface area contributed by atoms with Crippen LogP contribution in [-0.2, 0) is 19.4 Å². The molecule has 0 radical (unpaired) electrons. The first-order valence-corrected chi connectivity index (χ1v) is 9.96. The first-order chi connectivity index (χ1) is 14.5. The van der Waals surface area contributed by atoms with E-state index in [0.717, 1.165) is 24.1 Å². The molecule has 0 spiro atoms. The van der Waals surface area contributed by atoms with Crippen molar-refractivity contribution in [1.29, 1.82) is 10.5 Å². The summed E-state index contributed by atoms with van der Waals surface area (Å²) in [5.41, 5.74) is 3.79. The molecule has 1 N–H and O–H groups in total. The molecular weight excluding hydrogens is 400 g/mol. The van der Waals surface area contributed by atoms with E-state index in [-0.39, 0.29) is 6.61 Å². The Balaban J connectivity index is 1.81. The minimum absolute atomic E-state index is 0.0288. The molecule has 0 unspecified atom stereocenters. The molecule has 152 valence electrons. The fourth-order valence-electron chi connectivity index (χ4n) is 3.28. The van der Waals surface area contributed by atoms with Crippen LogP contribution in [0.5, 0.6) is 11.5 Å². The van der Waals surface area contributed by atoms with E-state index in [1.807, 2.05) is 31.2 Å². The van der Waals surface area contributed by atoms with Crippen molar-refractivity contribution in [2.75, 3.05) is 6.61 Å². The minimum atomic E-state index is -0.0288. The summed E-state index contributed by atoms with van der Waals surface area (Å²) in [6, 6.07) is 16.6. The maximum Gasteiger partial charge on any atom is 0.171 e. The van der Waals surface area contributed by atoms with Gasteiger partial charge in [0.2, 0.25) is 0 Å². The van der Waals surface area contributed by atoms with Gasteiger partial charge >= 0.3 is 0 Å². The van der Waals surface area contributed by atoms with Gasteiger partial charge in [0.1, 0.15) is 11.4 Å². The topological polar surface area (TPSA) is 94.9 Å². The van der Waals surface area contributed by atoms with Gasteiger partial charge in [-0.25, -0.2) is 0 Å². The second kappa shape index (κ2) is 9.93. The second-order valence-electron chi connectivity index (χ2n) is 6.86. The Labute approximate surface area is 180 Å². The van der Waals surface area contributed by atoms with Crippen molar-refractivity contribution < 1.29 is 9.84 Å². The van der Waals surface area contributed by atoms with Crippen LogP contribution in [0.15, 0.2) is 42.5 Å². The first-order valence-electron chi connectivity index (χ1n) is 9.58. The quantitative estimate of drug-likeness (QED) is 0.576. The zero-order valence-corrected chi connectivity index (χ0v) is 17.4. The van der Waals surface area contributed by atoms with Crippen molar-refractivity contribution in [3.05, 3.63) is 75.6 Å². The summed E-state index contributed by atoms with van der Waals surface area (Å²) in [5.74, 6) is 1.09. The highest BCUT2D eigenvalue weighted by Gasteiger charge is 2.18. The Kier molecular flexibility index (Phi) is 7.08. The molecule has 0 saturated carbocycles. The number of aliphatic hydroxyl groups excluding tert-OH is 1. The predicted molar refractivity (Wildman–Crippen MR) is 113 cm³/mol. The third kappa shape index (κ3) is 5.18. The highest BCUT2D eigenvalue weighted by Crippen LogP contribution is 2.32. The van der Waals surface area contributed by atoms with Crippen molar-refractivity contribution in [3.8, 4) is 23.6 Å². The van der Waals surface area contributed by atoms with E-state index in [2.05, 4.69) is 17.2 Å². The van der Waals surface area contributed by atoms with Crippen LogP contribution in [0.25, 0.3) is 0 Å². The van der Waals surface area contributed by atoms with Crippen molar-refractivity contribution in [1.82, 2.24) is 9.78 Å². The second-order valence-corrected chi connectivity index (χ2v) is 7.30. The SMILES string of the molecule is Cc1nn(CCO)c(CCCc2ccc(C#N)cc2)c1Oc1cc(Cl)cc(C#N)c1. The molecule has 1 aromatic heterocycles. The van der Waals surface area contributed by atoms with E-state index < -0.39 is 0 Å². The van der Waals surface area contributed by atoms with Crippen molar-refractivity contribution >= 4 is 11.6 Å². The van der Waals surface area contributed by atoms with Gasteiger partial charge in [-0.3, -0.25) is 4.68 Å². The third-order valence-electron chi connectivity index (χ3n) is 4.67. The fraction of sp³-hybridized carbons (Fsp3) is 0.261. The van der Waals surface area contributed by atoms with Gasteiger partial charge in [0, 0.05) is 5.02 Å². The molecule has 3 aromatic rings. The average molecular weight is 421 g/mol. The van der Waals surface area contributed by atoms with Crippen molar-refractivity contribution in [3.63, 3.8) is 0 Å². The first kappa shape index (κ1) is 21.4. The number of ether oxygens (including phenoxy) is 1. The molecule has 30 heavy (non-hydrogen) atoms. The summed E-state index contributed by atoms with van der Waals surface area (Å²) in [4.78, 5) is 0. The highest BCUT2D eigenvalue weighted by atomic mass is 35.5. The molecule has 2 aromatic carbocycles. The van der Waals surface area contributed by atoms with E-state index >= 15 is 0 Å². The third-order valence-corrected chi connectivity index (χ3v) is 4.89. The van der Waals surface area contributed by atoms with Crippen molar-refractivity contribution in [2.24, 2.45) is 0 Å². The summed E-state index contributed by atoms with van der Waals surface area (Å²) in [7, 11) is 0. The molecule has 0 atom stereocenters. The van der Waals surface area contributed by atoms with Crippen molar-refractivity contribution in [2.45, 2.75) is 32.7 Å². The molecule has 3 rings (SSSR count). The van der Waals surface area contributed by atoms with Gasteiger partial charge in [-0.1, -0.05) is 23.7 Å². The number of hydrogen-bond acceptors (Lipinski definition) is 5. The normalized spacial score (nSPS) is 10.4. The maximum absolute atomic E-state index is 9.41. The molecule has 0 amide bonds. The molecule has 0 bridgehead atoms. The van der Waals surface area contributed by atoms with E-state index in [1.165, 1.54) is 0 Å². The number of aryl methyl sites for hydroxylation is 2. The summed E-state index contributed by atoms with van der Waals surface area (Å²) in [5, 5.41) is 32.4. The molecule has 0 aliphatic heterocycles. The van der Waals surface area contributed by atoms with Crippen LogP contribution in [0.4, 0.5) is 0 Å². The summed E-state index contributed by atoms with van der Waals surface area (Å²) >= 11 is 6.10. The fourth-order valence-corrected chi connectivity index (χ4v) is 3.50. The largest absolute Gasteiger partial charge is 0.453 e. The number of nitriles is 2. The van der Waals surface area contributed by atoms with Crippen LogP contribution in [0, 0.1) is 29.6 Å². The Hall–Kier alpha value is -3.32. The van der Waals surface area contributed by atoms with E-state index in [4.69, 9.17) is 26.9 Å². The van der Waals surface area contributed by atoms with Crippen LogP contribution in [0.3, 0.4) is 0 Å². The van der Waals surface area contributed by atoms with Crippen LogP contribution < -0.4 is 4.74 Å². The smallest absolute Gasteiger partial charge is 0.171 e. The molecular formula is C23H21ClN4O2. The number of aliphatic hydroxyl groups is 1. The van der Waals surface area contributed by atoms with E-state index in [0.29, 0.717) is 46.3 Å². The molecule has 6 nitrogen and oxygen atoms in total. The van der Waals surface area contributed by atoms with E-state index in [9.17, 15) is 5.11 Å². The van der Waals surface area contributed by atoms with Crippen LogP contribution in [0.1, 0.15) is 34.5 Å². The lowest BCUT2D eigenvalue weighted by atomic mass is 10.0. The summed E-state index contributed by atoms with van der Waals surface area (Å²) < 4.78 is 7.85. The molecule has 0 fully saturated rings. The number of rotatable bonds is 8. The van der Waals surface area contributed by atoms with Crippen LogP contribution >= 0.6 is 11.6 Å². The highest BCUT2D eigenvalue weighted by molar-refractivity contribution is 6.30. The number of aromatic nitrogens is 2. The average Bonchev–Trinajstić information content (AvgIpc) is 3.02. The van der Waals surface area contributed by atoms with Gasteiger partial charge in [0.05, 0.1) is 42.1 Å². The summed E-state index contributed by atoms with van der Waals surface area (Å²) in [6.07, 6.45) is 2.38. The van der Waals surface area contributed by atoms with Gasteiger partial charge in [-0.05, 0) is 62.1 Å². The van der Waals surface area contributed by atoms with Crippen LogP contribution in [0.2, 0.25) is 5.02 Å². The van der Waals surface area contributed by atoms with Gasteiger partial charge in [-0.2, -0.15) is 15.6 Å². The van der Waals surface area contributed by atoms with Gasteiger partial charge in [-0.15, -0.1) is 0 Å². The number of hydrogen-bond donors (Lipinski definition) is 1. The predicted octanol–water partition coefficient (Wildman–Crippen LogP) is 4.55. The minimum Gasteiger partial charge on any atom is -0.453 e. The van der Waals surface area contributed by atoms with Gasteiger partial charge < -0.3 is 9.84 Å². The lowest BCUT2D eigenvalue weighted by molar-refractivity contribution is 0.266. The Bertz CT molecular complexity index is 1110. The Morgan fingerprint density at radius 1 is 1.07 bits per heavy atom. The molecule has 7 heteroatoms. The lowest BCUT2D eigenvalue weighted by Gasteiger charge is -2.11. The lowest BCUT2D eigenvalue weighted by Crippen LogP contribution is -2.09. The zero-order chi connectivity index (χ0) is 21.5. The Morgan fingerprint density at radius 2 is 1.80 bits per heavy atom. The van der Waals surface area contributed by atoms with Gasteiger partial charge in [0.15, 0.2) is 5.75 Å². The Morgan fingerprint density at radius 3 is 2.47 bits per heavy atom. The maximum atomic E-state index is 9.41.